The molecule has 0 atom stereocenters. The van der Waals surface area contributed by atoms with Crippen molar-refractivity contribution in [2.45, 2.75) is 50.0 Å². The smallest absolute Gasteiger partial charge is 0.243 e. The van der Waals surface area contributed by atoms with Gasteiger partial charge in [0.25, 0.3) is 0 Å². The Kier molecular flexibility index (Phi) is 6.44. The van der Waals surface area contributed by atoms with Crippen molar-refractivity contribution < 1.29 is 17.6 Å². The number of carbonyl (C=O) groups excluding carboxylic acids is 1. The van der Waals surface area contributed by atoms with Crippen LogP contribution < -0.4 is 0 Å². The first-order valence-electron chi connectivity index (χ1n) is 11.0. The van der Waals surface area contributed by atoms with Crippen LogP contribution in [0.2, 0.25) is 0 Å². The fourth-order valence-corrected chi connectivity index (χ4v) is 6.14. The van der Waals surface area contributed by atoms with Gasteiger partial charge in [0.2, 0.25) is 15.9 Å². The highest BCUT2D eigenvalue weighted by Crippen LogP contribution is 2.28. The Morgan fingerprint density at radius 1 is 1.03 bits per heavy atom. The third kappa shape index (κ3) is 4.83. The third-order valence-electron chi connectivity index (χ3n) is 6.47. The summed E-state index contributed by atoms with van der Waals surface area (Å²) in [5.41, 5.74) is 3.28. The second-order valence-corrected chi connectivity index (χ2v) is 10.6. The van der Waals surface area contributed by atoms with E-state index < -0.39 is 10.0 Å². The van der Waals surface area contributed by atoms with Gasteiger partial charge in [-0.2, -0.15) is 4.31 Å². The van der Waals surface area contributed by atoms with Crippen molar-refractivity contribution in [1.82, 2.24) is 9.21 Å². The number of piperidine rings is 1. The van der Waals surface area contributed by atoms with Crippen LogP contribution in [0.4, 0.5) is 4.39 Å². The topological polar surface area (TPSA) is 57.7 Å². The van der Waals surface area contributed by atoms with Gasteiger partial charge in [0.1, 0.15) is 5.82 Å². The SMILES string of the molecule is CN(Cc1ccc(F)cc1)C(=O)C1CCN(S(=O)(=O)c2ccc3c(c2)CCCC3)CC1. The van der Waals surface area contributed by atoms with Crippen LogP contribution in [0.5, 0.6) is 0 Å². The van der Waals surface area contributed by atoms with Gasteiger partial charge in [-0.3, -0.25) is 4.79 Å². The van der Waals surface area contributed by atoms with E-state index in [0.717, 1.165) is 36.8 Å². The second kappa shape index (κ2) is 9.09. The van der Waals surface area contributed by atoms with Crippen LogP contribution >= 0.6 is 0 Å². The van der Waals surface area contributed by atoms with E-state index in [1.807, 2.05) is 12.1 Å². The molecule has 5 nitrogen and oxygen atoms in total. The van der Waals surface area contributed by atoms with Gasteiger partial charge < -0.3 is 4.90 Å². The number of rotatable bonds is 5. The Bertz CT molecular complexity index is 1040. The molecule has 2 aliphatic rings. The molecule has 1 fully saturated rings. The summed E-state index contributed by atoms with van der Waals surface area (Å²) in [6, 6.07) is 11.7. The summed E-state index contributed by atoms with van der Waals surface area (Å²) < 4.78 is 40.9. The summed E-state index contributed by atoms with van der Waals surface area (Å²) in [6.45, 7) is 1.10. The lowest BCUT2D eigenvalue weighted by Gasteiger charge is -2.32. The van der Waals surface area contributed by atoms with Gasteiger partial charge in [0, 0.05) is 32.6 Å². The van der Waals surface area contributed by atoms with Gasteiger partial charge in [0.05, 0.1) is 4.90 Å². The van der Waals surface area contributed by atoms with E-state index >= 15 is 0 Å². The number of halogens is 1. The number of fused-ring (bicyclic) bond motifs is 1. The first-order valence-corrected chi connectivity index (χ1v) is 12.4. The van der Waals surface area contributed by atoms with E-state index in [-0.39, 0.29) is 17.6 Å². The number of benzene rings is 2. The monoisotopic (exact) mass is 444 g/mol. The van der Waals surface area contributed by atoms with Crippen LogP contribution in [0.3, 0.4) is 0 Å². The zero-order chi connectivity index (χ0) is 22.0. The van der Waals surface area contributed by atoms with Gasteiger partial charge in [-0.15, -0.1) is 0 Å². The van der Waals surface area contributed by atoms with E-state index in [0.29, 0.717) is 37.4 Å². The number of sulfonamides is 1. The first-order chi connectivity index (χ1) is 14.8. The number of amides is 1. The van der Waals surface area contributed by atoms with Gasteiger partial charge in [0.15, 0.2) is 0 Å². The molecule has 0 radical (unpaired) electrons. The molecule has 1 saturated heterocycles. The highest BCUT2D eigenvalue weighted by atomic mass is 32.2. The van der Waals surface area contributed by atoms with Crippen LogP contribution in [-0.4, -0.2) is 43.7 Å². The Hall–Kier alpha value is -2.25. The standard InChI is InChI=1S/C24H29FN2O3S/c1-26(17-18-6-9-22(25)10-7-18)24(28)20-12-14-27(15-13-20)31(29,30)23-11-8-19-4-2-3-5-21(19)16-23/h6-11,16,20H,2-5,12-15,17H2,1H3. The van der Waals surface area contributed by atoms with Crippen LogP contribution in [0.15, 0.2) is 47.4 Å². The fourth-order valence-electron chi connectivity index (χ4n) is 4.62. The maximum atomic E-state index is 13.2. The molecule has 0 spiro atoms. The molecule has 1 aliphatic heterocycles. The van der Waals surface area contributed by atoms with E-state index in [1.54, 1.807) is 30.1 Å². The Balaban J connectivity index is 1.37. The Labute approximate surface area is 183 Å². The minimum atomic E-state index is -3.54. The van der Waals surface area contributed by atoms with Crippen LogP contribution in [0.1, 0.15) is 42.4 Å². The highest BCUT2D eigenvalue weighted by molar-refractivity contribution is 7.89. The lowest BCUT2D eigenvalue weighted by molar-refractivity contribution is -0.135. The van der Waals surface area contributed by atoms with Gasteiger partial charge >= 0.3 is 0 Å². The van der Waals surface area contributed by atoms with Crippen molar-refractivity contribution in [3.8, 4) is 0 Å². The molecule has 166 valence electrons. The van der Waals surface area contributed by atoms with E-state index in [9.17, 15) is 17.6 Å². The molecule has 2 aromatic carbocycles. The van der Waals surface area contributed by atoms with Crippen molar-refractivity contribution in [3.05, 3.63) is 65.0 Å². The van der Waals surface area contributed by atoms with Crippen molar-refractivity contribution in [2.24, 2.45) is 5.92 Å². The van der Waals surface area contributed by atoms with Gasteiger partial charge in [-0.05, 0) is 79.5 Å². The number of aryl methyl sites for hydroxylation is 2. The Morgan fingerprint density at radius 3 is 2.35 bits per heavy atom. The summed E-state index contributed by atoms with van der Waals surface area (Å²) >= 11 is 0. The molecule has 0 bridgehead atoms. The first kappa shape index (κ1) is 22.0. The maximum Gasteiger partial charge on any atom is 0.243 e. The molecule has 1 amide bonds. The predicted molar refractivity (Wildman–Crippen MR) is 117 cm³/mol. The minimum absolute atomic E-state index is 0.00940. The van der Waals surface area contributed by atoms with Gasteiger partial charge in [-0.25, -0.2) is 12.8 Å². The van der Waals surface area contributed by atoms with E-state index in [2.05, 4.69) is 0 Å². The van der Waals surface area contributed by atoms with Crippen molar-refractivity contribution in [3.63, 3.8) is 0 Å². The molecule has 0 unspecified atom stereocenters. The van der Waals surface area contributed by atoms with Crippen LogP contribution in [0, 0.1) is 11.7 Å². The molecule has 4 rings (SSSR count). The van der Waals surface area contributed by atoms with Crippen LogP contribution in [-0.2, 0) is 34.2 Å². The summed E-state index contributed by atoms with van der Waals surface area (Å²) in [4.78, 5) is 14.9. The largest absolute Gasteiger partial charge is 0.341 e. The molecule has 1 heterocycles. The Morgan fingerprint density at radius 2 is 1.68 bits per heavy atom. The van der Waals surface area contributed by atoms with Crippen molar-refractivity contribution in [2.75, 3.05) is 20.1 Å². The summed E-state index contributed by atoms with van der Waals surface area (Å²) in [6.07, 6.45) is 5.25. The number of nitrogens with zero attached hydrogens (tertiary/aromatic N) is 2. The number of hydrogen-bond acceptors (Lipinski definition) is 3. The highest BCUT2D eigenvalue weighted by Gasteiger charge is 2.33. The molecule has 0 aromatic heterocycles. The van der Waals surface area contributed by atoms with Gasteiger partial charge in [-0.1, -0.05) is 18.2 Å². The summed E-state index contributed by atoms with van der Waals surface area (Å²) in [5.74, 6) is -0.485. The average Bonchev–Trinajstić information content (AvgIpc) is 2.79. The van der Waals surface area contributed by atoms with Crippen molar-refractivity contribution in [1.29, 1.82) is 0 Å². The maximum absolute atomic E-state index is 13.2. The predicted octanol–water partition coefficient (Wildman–Crippen LogP) is 3.76. The second-order valence-electron chi connectivity index (χ2n) is 8.64. The van der Waals surface area contributed by atoms with Crippen molar-refractivity contribution >= 4 is 15.9 Å². The van der Waals surface area contributed by atoms with E-state index in [1.165, 1.54) is 22.0 Å². The fraction of sp³-hybridized carbons (Fsp3) is 0.458. The molecule has 7 heteroatoms. The minimum Gasteiger partial charge on any atom is -0.341 e. The molecule has 2 aromatic rings. The molecular formula is C24H29FN2O3S. The molecule has 0 saturated carbocycles. The molecular weight excluding hydrogens is 415 g/mol. The zero-order valence-electron chi connectivity index (χ0n) is 17.9. The van der Waals surface area contributed by atoms with Crippen LogP contribution in [0.25, 0.3) is 0 Å². The lowest BCUT2D eigenvalue weighted by Crippen LogP contribution is -2.43. The quantitative estimate of drug-likeness (QED) is 0.706. The lowest BCUT2D eigenvalue weighted by atomic mass is 9.92. The van der Waals surface area contributed by atoms with E-state index in [4.69, 9.17) is 0 Å². The summed E-state index contributed by atoms with van der Waals surface area (Å²) in [5, 5.41) is 0. The summed E-state index contributed by atoms with van der Waals surface area (Å²) in [7, 11) is -1.81. The molecule has 1 aliphatic carbocycles. The molecule has 0 N–H and O–H groups in total. The zero-order valence-corrected chi connectivity index (χ0v) is 18.7. The molecule has 31 heavy (non-hydrogen) atoms. The third-order valence-corrected chi connectivity index (χ3v) is 8.36. The average molecular weight is 445 g/mol. The number of carbonyl (C=O) groups is 1. The number of hydrogen-bond donors (Lipinski definition) is 0. The normalized spacial score (nSPS) is 17.9.